The van der Waals surface area contributed by atoms with Crippen molar-refractivity contribution < 1.29 is 9.18 Å². The summed E-state index contributed by atoms with van der Waals surface area (Å²) in [7, 11) is 0. The molecule has 0 radical (unpaired) electrons. The first-order chi connectivity index (χ1) is 12.0. The van der Waals surface area contributed by atoms with Crippen LogP contribution < -0.4 is 5.32 Å². The predicted molar refractivity (Wildman–Crippen MR) is 101 cm³/mol. The number of carbonyl (C=O) groups is 1. The Morgan fingerprint density at radius 3 is 2.64 bits per heavy atom. The number of aryl methyl sites for hydroxylation is 2. The fourth-order valence-corrected chi connectivity index (χ4v) is 3.16. The Labute approximate surface area is 149 Å². The number of amides is 1. The normalized spacial score (nSPS) is 11.0. The standard InChI is InChI=1S/C20H17FN2OS/c1-13-3-9-17(14(2)11-13)18-12-25-20(22-18)23-19(24)10-6-15-4-7-16(21)8-5-15/h3-12H,1-2H3,(H,22,23,24). The highest BCUT2D eigenvalue weighted by molar-refractivity contribution is 7.14. The molecule has 5 heteroatoms. The maximum atomic E-state index is 12.9. The summed E-state index contributed by atoms with van der Waals surface area (Å²) >= 11 is 1.38. The molecular weight excluding hydrogens is 335 g/mol. The van der Waals surface area contributed by atoms with Gasteiger partial charge in [-0.3, -0.25) is 10.1 Å². The van der Waals surface area contributed by atoms with Crippen molar-refractivity contribution in [3.05, 3.63) is 76.4 Å². The lowest BCUT2D eigenvalue weighted by Gasteiger charge is -2.03. The molecule has 0 aliphatic heterocycles. The zero-order valence-corrected chi connectivity index (χ0v) is 14.7. The molecule has 0 atom stereocenters. The van der Waals surface area contributed by atoms with Gasteiger partial charge in [0.25, 0.3) is 0 Å². The number of aromatic nitrogens is 1. The largest absolute Gasteiger partial charge is 0.298 e. The lowest BCUT2D eigenvalue weighted by atomic mass is 10.0. The summed E-state index contributed by atoms with van der Waals surface area (Å²) in [6, 6.07) is 12.1. The zero-order chi connectivity index (χ0) is 17.8. The molecule has 3 rings (SSSR count). The van der Waals surface area contributed by atoms with Crippen molar-refractivity contribution in [2.24, 2.45) is 0 Å². The van der Waals surface area contributed by atoms with Crippen LogP contribution in [0.15, 0.2) is 53.9 Å². The number of halogens is 1. The van der Waals surface area contributed by atoms with E-state index in [4.69, 9.17) is 0 Å². The van der Waals surface area contributed by atoms with E-state index in [9.17, 15) is 9.18 Å². The third kappa shape index (κ3) is 4.39. The average Bonchev–Trinajstić information content (AvgIpc) is 3.02. The van der Waals surface area contributed by atoms with Crippen molar-refractivity contribution >= 4 is 28.5 Å². The minimum absolute atomic E-state index is 0.272. The number of rotatable bonds is 4. The Morgan fingerprint density at radius 2 is 1.92 bits per heavy atom. The summed E-state index contributed by atoms with van der Waals surface area (Å²) in [4.78, 5) is 16.5. The van der Waals surface area contributed by atoms with Gasteiger partial charge < -0.3 is 0 Å². The SMILES string of the molecule is Cc1ccc(-c2csc(NC(=O)C=Cc3ccc(F)cc3)n2)c(C)c1. The lowest BCUT2D eigenvalue weighted by molar-refractivity contribution is -0.111. The maximum Gasteiger partial charge on any atom is 0.250 e. The van der Waals surface area contributed by atoms with E-state index in [0.29, 0.717) is 5.13 Å². The van der Waals surface area contributed by atoms with Crippen LogP contribution in [0.4, 0.5) is 9.52 Å². The molecular formula is C20H17FN2OS. The number of carbonyl (C=O) groups excluding carboxylic acids is 1. The summed E-state index contributed by atoms with van der Waals surface area (Å²) in [6.45, 7) is 4.10. The number of hydrogen-bond donors (Lipinski definition) is 1. The molecule has 0 saturated heterocycles. The molecule has 2 aromatic carbocycles. The van der Waals surface area contributed by atoms with Crippen LogP contribution >= 0.6 is 11.3 Å². The van der Waals surface area contributed by atoms with Crippen molar-refractivity contribution in [3.8, 4) is 11.3 Å². The Kier molecular flexibility index (Phi) is 5.05. The van der Waals surface area contributed by atoms with Gasteiger partial charge in [0.2, 0.25) is 5.91 Å². The zero-order valence-electron chi connectivity index (χ0n) is 13.9. The number of benzene rings is 2. The van der Waals surface area contributed by atoms with Crippen LogP contribution in [-0.4, -0.2) is 10.9 Å². The van der Waals surface area contributed by atoms with Gasteiger partial charge in [0.05, 0.1) is 5.69 Å². The van der Waals surface area contributed by atoms with Crippen LogP contribution in [-0.2, 0) is 4.79 Å². The minimum Gasteiger partial charge on any atom is -0.298 e. The van der Waals surface area contributed by atoms with E-state index in [2.05, 4.69) is 23.3 Å². The Balaban J connectivity index is 1.68. The Bertz CT molecular complexity index is 929. The van der Waals surface area contributed by atoms with Gasteiger partial charge in [-0.25, -0.2) is 9.37 Å². The molecule has 0 aliphatic carbocycles. The van der Waals surface area contributed by atoms with Crippen molar-refractivity contribution in [1.82, 2.24) is 4.98 Å². The Morgan fingerprint density at radius 1 is 1.16 bits per heavy atom. The molecule has 0 fully saturated rings. The van der Waals surface area contributed by atoms with Crippen LogP contribution in [0.2, 0.25) is 0 Å². The number of nitrogens with zero attached hydrogens (tertiary/aromatic N) is 1. The monoisotopic (exact) mass is 352 g/mol. The number of anilines is 1. The highest BCUT2D eigenvalue weighted by atomic mass is 32.1. The molecule has 1 heterocycles. The highest BCUT2D eigenvalue weighted by Crippen LogP contribution is 2.28. The van der Waals surface area contributed by atoms with Crippen molar-refractivity contribution in [2.45, 2.75) is 13.8 Å². The summed E-state index contributed by atoms with van der Waals surface area (Å²) in [5.41, 5.74) is 5.02. The van der Waals surface area contributed by atoms with Crippen LogP contribution in [0.3, 0.4) is 0 Å². The first-order valence-electron chi connectivity index (χ1n) is 7.79. The van der Waals surface area contributed by atoms with Crippen molar-refractivity contribution in [1.29, 1.82) is 0 Å². The average molecular weight is 352 g/mol. The van der Waals surface area contributed by atoms with Crippen LogP contribution in [0.25, 0.3) is 17.3 Å². The van der Waals surface area contributed by atoms with Gasteiger partial charge in [-0.1, -0.05) is 35.9 Å². The van der Waals surface area contributed by atoms with E-state index in [-0.39, 0.29) is 11.7 Å². The molecule has 1 aromatic heterocycles. The van der Waals surface area contributed by atoms with E-state index in [0.717, 1.165) is 22.4 Å². The molecule has 0 saturated carbocycles. The van der Waals surface area contributed by atoms with Gasteiger partial charge in [0.15, 0.2) is 5.13 Å². The maximum absolute atomic E-state index is 12.9. The molecule has 0 aliphatic rings. The van der Waals surface area contributed by atoms with Gasteiger partial charge in [0.1, 0.15) is 5.82 Å². The molecule has 1 amide bonds. The first kappa shape index (κ1) is 17.0. The lowest BCUT2D eigenvalue weighted by Crippen LogP contribution is -2.07. The molecule has 0 spiro atoms. The molecule has 0 bridgehead atoms. The third-order valence-corrected chi connectivity index (χ3v) is 4.45. The van der Waals surface area contributed by atoms with E-state index in [1.807, 2.05) is 24.4 Å². The van der Waals surface area contributed by atoms with Gasteiger partial charge >= 0.3 is 0 Å². The van der Waals surface area contributed by atoms with Crippen LogP contribution in [0.1, 0.15) is 16.7 Å². The second-order valence-corrected chi connectivity index (χ2v) is 6.59. The quantitative estimate of drug-likeness (QED) is 0.654. The smallest absolute Gasteiger partial charge is 0.250 e. The molecule has 0 unspecified atom stereocenters. The predicted octanol–water partition coefficient (Wildman–Crippen LogP) is 5.22. The van der Waals surface area contributed by atoms with E-state index >= 15 is 0 Å². The fourth-order valence-electron chi connectivity index (χ4n) is 2.45. The second-order valence-electron chi connectivity index (χ2n) is 5.73. The fraction of sp³-hybridized carbons (Fsp3) is 0.100. The first-order valence-corrected chi connectivity index (χ1v) is 8.67. The van der Waals surface area contributed by atoms with Crippen LogP contribution in [0.5, 0.6) is 0 Å². The molecule has 126 valence electrons. The van der Waals surface area contributed by atoms with Crippen molar-refractivity contribution in [3.63, 3.8) is 0 Å². The van der Waals surface area contributed by atoms with Gasteiger partial charge in [-0.15, -0.1) is 11.3 Å². The number of nitrogens with one attached hydrogen (secondary N) is 1. The topological polar surface area (TPSA) is 42.0 Å². The summed E-state index contributed by atoms with van der Waals surface area (Å²) in [5, 5.41) is 5.22. The third-order valence-electron chi connectivity index (χ3n) is 3.69. The second kappa shape index (κ2) is 7.40. The highest BCUT2D eigenvalue weighted by Gasteiger charge is 2.08. The molecule has 3 nitrogen and oxygen atoms in total. The van der Waals surface area contributed by atoms with Gasteiger partial charge in [-0.05, 0) is 43.2 Å². The summed E-state index contributed by atoms with van der Waals surface area (Å²) < 4.78 is 12.9. The van der Waals surface area contributed by atoms with E-state index in [1.165, 1.54) is 35.1 Å². The number of hydrogen-bond acceptors (Lipinski definition) is 3. The summed E-state index contributed by atoms with van der Waals surface area (Å²) in [5.74, 6) is -0.575. The molecule has 25 heavy (non-hydrogen) atoms. The van der Waals surface area contributed by atoms with E-state index < -0.39 is 0 Å². The minimum atomic E-state index is -0.302. The van der Waals surface area contributed by atoms with Crippen LogP contribution in [0, 0.1) is 19.7 Å². The summed E-state index contributed by atoms with van der Waals surface area (Å²) in [6.07, 6.45) is 3.04. The van der Waals surface area contributed by atoms with Crippen molar-refractivity contribution in [2.75, 3.05) is 5.32 Å². The van der Waals surface area contributed by atoms with E-state index in [1.54, 1.807) is 18.2 Å². The molecule has 1 N–H and O–H groups in total. The van der Waals surface area contributed by atoms with Gasteiger partial charge in [-0.2, -0.15) is 0 Å². The Hall–Kier alpha value is -2.79. The number of thiazole rings is 1. The van der Waals surface area contributed by atoms with Gasteiger partial charge in [0, 0.05) is 17.0 Å². The molecule has 3 aromatic rings.